The van der Waals surface area contributed by atoms with E-state index < -0.39 is 0 Å². The van der Waals surface area contributed by atoms with Gasteiger partial charge in [-0.15, -0.1) is 11.6 Å². The van der Waals surface area contributed by atoms with Gasteiger partial charge in [-0.1, -0.05) is 50.6 Å². The molecule has 1 unspecified atom stereocenters. The van der Waals surface area contributed by atoms with Crippen molar-refractivity contribution in [3.8, 4) is 5.75 Å². The van der Waals surface area contributed by atoms with Gasteiger partial charge in [-0.2, -0.15) is 0 Å². The predicted molar refractivity (Wildman–Crippen MR) is 83.1 cm³/mol. The molecule has 0 aromatic heterocycles. The molecule has 2 rings (SSSR count). The number of halogens is 1. The van der Waals surface area contributed by atoms with Crippen LogP contribution < -0.4 is 4.74 Å². The lowest BCUT2D eigenvalue weighted by Crippen LogP contribution is -2.09. The van der Waals surface area contributed by atoms with Crippen LogP contribution in [0, 0.1) is 5.92 Å². The van der Waals surface area contributed by atoms with Gasteiger partial charge in [0, 0.05) is 5.56 Å². The van der Waals surface area contributed by atoms with E-state index in [1.807, 2.05) is 18.2 Å². The molecule has 0 fully saturated rings. The van der Waals surface area contributed by atoms with Gasteiger partial charge >= 0.3 is 0 Å². The molecule has 0 radical (unpaired) electrons. The first-order valence-corrected chi connectivity index (χ1v) is 7.49. The van der Waals surface area contributed by atoms with Gasteiger partial charge in [-0.05, 0) is 29.2 Å². The molecule has 0 amide bonds. The zero-order valence-electron chi connectivity index (χ0n) is 11.7. The van der Waals surface area contributed by atoms with Crippen LogP contribution in [-0.2, 0) is 5.88 Å². The molecule has 0 spiro atoms. The quantitative estimate of drug-likeness (QED) is 0.643. The summed E-state index contributed by atoms with van der Waals surface area (Å²) < 4.78 is 5.97. The Labute approximate surface area is 120 Å². The Hall–Kier alpha value is -1.21. The lowest BCUT2D eigenvalue weighted by atomic mass is 10.0. The minimum atomic E-state index is 0.485. The highest BCUT2D eigenvalue weighted by Gasteiger charge is 2.09. The zero-order chi connectivity index (χ0) is 13.7. The zero-order valence-corrected chi connectivity index (χ0v) is 12.4. The van der Waals surface area contributed by atoms with E-state index in [1.54, 1.807) is 0 Å². The number of alkyl halides is 1. The Balaban J connectivity index is 2.23. The van der Waals surface area contributed by atoms with Crippen LogP contribution in [0.15, 0.2) is 36.4 Å². The van der Waals surface area contributed by atoms with Crippen LogP contribution in [0.5, 0.6) is 5.75 Å². The molecule has 2 heteroatoms. The van der Waals surface area contributed by atoms with Gasteiger partial charge in [-0.25, -0.2) is 0 Å². The Morgan fingerprint density at radius 1 is 1.16 bits per heavy atom. The molecule has 102 valence electrons. The number of rotatable bonds is 6. The van der Waals surface area contributed by atoms with E-state index in [0.29, 0.717) is 11.8 Å². The first-order chi connectivity index (χ1) is 9.26. The fourth-order valence-electron chi connectivity index (χ4n) is 2.40. The van der Waals surface area contributed by atoms with E-state index in [2.05, 4.69) is 32.0 Å². The molecule has 0 N–H and O–H groups in total. The second-order valence-electron chi connectivity index (χ2n) is 5.10. The number of fused-ring (bicyclic) bond motifs is 1. The summed E-state index contributed by atoms with van der Waals surface area (Å²) in [6.45, 7) is 5.19. The fourth-order valence-corrected chi connectivity index (χ4v) is 2.67. The monoisotopic (exact) mass is 276 g/mol. The standard InChI is InChI=1S/C17H21ClO/c1-3-6-13(2)12-19-17-10-9-14-7-4-5-8-15(14)16(17)11-18/h4-5,7-10,13H,3,6,11-12H2,1-2H3. The minimum Gasteiger partial charge on any atom is -0.493 e. The van der Waals surface area contributed by atoms with Gasteiger partial charge in [0.15, 0.2) is 0 Å². The van der Waals surface area contributed by atoms with Crippen molar-refractivity contribution in [3.63, 3.8) is 0 Å². The topological polar surface area (TPSA) is 9.23 Å². The van der Waals surface area contributed by atoms with Gasteiger partial charge in [0.1, 0.15) is 5.75 Å². The first kappa shape index (κ1) is 14.2. The molecule has 0 bridgehead atoms. The van der Waals surface area contributed by atoms with Crippen LogP contribution >= 0.6 is 11.6 Å². The van der Waals surface area contributed by atoms with Crippen LogP contribution in [-0.4, -0.2) is 6.61 Å². The lowest BCUT2D eigenvalue weighted by Gasteiger charge is -2.15. The largest absolute Gasteiger partial charge is 0.493 e. The van der Waals surface area contributed by atoms with Gasteiger partial charge in [-0.3, -0.25) is 0 Å². The first-order valence-electron chi connectivity index (χ1n) is 6.95. The Morgan fingerprint density at radius 3 is 2.68 bits per heavy atom. The van der Waals surface area contributed by atoms with Crippen LogP contribution in [0.1, 0.15) is 32.3 Å². The maximum atomic E-state index is 6.11. The molecule has 1 nitrogen and oxygen atoms in total. The van der Waals surface area contributed by atoms with E-state index >= 15 is 0 Å². The summed E-state index contributed by atoms with van der Waals surface area (Å²) in [5.74, 6) is 2.00. The molecule has 1 atom stereocenters. The minimum absolute atomic E-state index is 0.485. The summed E-state index contributed by atoms with van der Waals surface area (Å²) in [5, 5.41) is 2.41. The van der Waals surface area contributed by atoms with Crippen molar-refractivity contribution in [3.05, 3.63) is 42.0 Å². The number of hydrogen-bond donors (Lipinski definition) is 0. The molecule has 2 aromatic carbocycles. The highest BCUT2D eigenvalue weighted by molar-refractivity contribution is 6.18. The summed E-state index contributed by atoms with van der Waals surface area (Å²) in [4.78, 5) is 0. The molecule has 0 saturated carbocycles. The summed E-state index contributed by atoms with van der Waals surface area (Å²) in [6.07, 6.45) is 2.40. The number of hydrogen-bond acceptors (Lipinski definition) is 1. The number of benzene rings is 2. The highest BCUT2D eigenvalue weighted by atomic mass is 35.5. The molecular weight excluding hydrogens is 256 g/mol. The molecule has 0 aliphatic carbocycles. The van der Waals surface area contributed by atoms with Crippen LogP contribution in [0.4, 0.5) is 0 Å². The van der Waals surface area contributed by atoms with E-state index in [0.717, 1.165) is 17.9 Å². The summed E-state index contributed by atoms with van der Waals surface area (Å²) in [6, 6.07) is 12.4. The van der Waals surface area contributed by atoms with Crippen LogP contribution in [0.3, 0.4) is 0 Å². The third-order valence-corrected chi connectivity index (χ3v) is 3.70. The van der Waals surface area contributed by atoms with Crippen molar-refractivity contribution in [2.24, 2.45) is 5.92 Å². The summed E-state index contributed by atoms with van der Waals surface area (Å²) in [7, 11) is 0. The van der Waals surface area contributed by atoms with E-state index in [9.17, 15) is 0 Å². The molecule has 0 aliphatic rings. The van der Waals surface area contributed by atoms with Crippen molar-refractivity contribution >= 4 is 22.4 Å². The maximum Gasteiger partial charge on any atom is 0.124 e. The van der Waals surface area contributed by atoms with Crippen molar-refractivity contribution in [2.45, 2.75) is 32.6 Å². The van der Waals surface area contributed by atoms with Crippen LogP contribution in [0.25, 0.3) is 10.8 Å². The van der Waals surface area contributed by atoms with Gasteiger partial charge in [0.25, 0.3) is 0 Å². The average Bonchev–Trinajstić information content (AvgIpc) is 2.44. The number of ether oxygens (including phenoxy) is 1. The Morgan fingerprint density at radius 2 is 1.95 bits per heavy atom. The highest BCUT2D eigenvalue weighted by Crippen LogP contribution is 2.30. The summed E-state index contributed by atoms with van der Waals surface area (Å²) >= 11 is 6.11. The van der Waals surface area contributed by atoms with E-state index in [-0.39, 0.29) is 0 Å². The molecule has 0 aliphatic heterocycles. The van der Waals surface area contributed by atoms with Crippen molar-refractivity contribution < 1.29 is 4.74 Å². The lowest BCUT2D eigenvalue weighted by molar-refractivity contribution is 0.250. The molecular formula is C17H21ClO. The third-order valence-electron chi connectivity index (χ3n) is 3.44. The van der Waals surface area contributed by atoms with Gasteiger partial charge in [0.05, 0.1) is 12.5 Å². The molecule has 19 heavy (non-hydrogen) atoms. The van der Waals surface area contributed by atoms with Crippen molar-refractivity contribution in [1.29, 1.82) is 0 Å². The fraction of sp³-hybridized carbons (Fsp3) is 0.412. The maximum absolute atomic E-state index is 6.11. The normalized spacial score (nSPS) is 12.6. The van der Waals surface area contributed by atoms with E-state index in [1.165, 1.54) is 23.6 Å². The third kappa shape index (κ3) is 3.42. The van der Waals surface area contributed by atoms with Gasteiger partial charge in [0.2, 0.25) is 0 Å². The molecule has 0 heterocycles. The second-order valence-corrected chi connectivity index (χ2v) is 5.37. The molecule has 2 aromatic rings. The van der Waals surface area contributed by atoms with Crippen LogP contribution in [0.2, 0.25) is 0 Å². The SMILES string of the molecule is CCCC(C)COc1ccc2ccccc2c1CCl. The predicted octanol–water partition coefficient (Wildman–Crippen LogP) is 5.39. The second kappa shape index (κ2) is 6.81. The Kier molecular flexibility index (Phi) is 5.09. The Bertz CT molecular complexity index is 536. The van der Waals surface area contributed by atoms with E-state index in [4.69, 9.17) is 16.3 Å². The smallest absolute Gasteiger partial charge is 0.124 e. The van der Waals surface area contributed by atoms with Crippen molar-refractivity contribution in [1.82, 2.24) is 0 Å². The average molecular weight is 277 g/mol. The van der Waals surface area contributed by atoms with Gasteiger partial charge < -0.3 is 4.74 Å². The molecule has 0 saturated heterocycles. The summed E-state index contributed by atoms with van der Waals surface area (Å²) in [5.41, 5.74) is 1.10. The van der Waals surface area contributed by atoms with Crippen molar-refractivity contribution in [2.75, 3.05) is 6.61 Å².